The average molecular weight is 450 g/mol. The maximum Gasteiger partial charge on any atom is 0.200 e. The Labute approximate surface area is 190 Å². The van der Waals surface area contributed by atoms with Gasteiger partial charge in [-0.2, -0.15) is 0 Å². The van der Waals surface area contributed by atoms with Crippen LogP contribution in [0.2, 0.25) is 0 Å². The number of ether oxygens (including phenoxy) is 4. The average Bonchev–Trinajstić information content (AvgIpc) is 3.29. The molecule has 0 aliphatic heterocycles. The highest BCUT2D eigenvalue weighted by molar-refractivity contribution is 7.19. The van der Waals surface area contributed by atoms with Gasteiger partial charge in [0.1, 0.15) is 16.5 Å². The summed E-state index contributed by atoms with van der Waals surface area (Å²) in [5.41, 5.74) is 3.63. The van der Waals surface area contributed by atoms with Gasteiger partial charge in [-0.25, -0.2) is 4.98 Å². The number of methoxy groups -OCH3 is 4. The molecule has 6 nitrogen and oxygen atoms in total. The fourth-order valence-electron chi connectivity index (χ4n) is 3.34. The Morgan fingerprint density at radius 3 is 1.62 bits per heavy atom. The summed E-state index contributed by atoms with van der Waals surface area (Å²) < 4.78 is 21.3. The van der Waals surface area contributed by atoms with Crippen molar-refractivity contribution in [1.29, 1.82) is 0 Å². The molecule has 4 rings (SSSR count). The molecule has 0 amide bonds. The van der Waals surface area contributed by atoms with Crippen molar-refractivity contribution in [3.05, 3.63) is 60.7 Å². The van der Waals surface area contributed by atoms with E-state index in [4.69, 9.17) is 23.9 Å². The molecule has 0 aliphatic rings. The number of aromatic hydroxyl groups is 1. The summed E-state index contributed by atoms with van der Waals surface area (Å²) in [5.74, 6) is 2.18. The highest BCUT2D eigenvalue weighted by Crippen LogP contribution is 2.45. The first-order valence-corrected chi connectivity index (χ1v) is 10.6. The highest BCUT2D eigenvalue weighted by Gasteiger charge is 2.19. The van der Waals surface area contributed by atoms with E-state index in [1.165, 1.54) is 14.2 Å². The molecular weight excluding hydrogens is 426 g/mol. The quantitative estimate of drug-likeness (QED) is 0.380. The molecule has 1 aromatic heterocycles. The third-order valence-corrected chi connectivity index (χ3v) is 6.22. The van der Waals surface area contributed by atoms with E-state index < -0.39 is 0 Å². The third kappa shape index (κ3) is 4.07. The lowest BCUT2D eigenvalue weighted by molar-refractivity contribution is 0.340. The summed E-state index contributed by atoms with van der Waals surface area (Å²) in [7, 11) is 6.30. The number of nitrogens with zero attached hydrogens (tertiary/aromatic N) is 1. The molecule has 4 aromatic rings. The molecule has 32 heavy (non-hydrogen) atoms. The number of phenols is 1. The van der Waals surface area contributed by atoms with Crippen molar-refractivity contribution in [2.75, 3.05) is 28.4 Å². The normalized spacial score (nSPS) is 10.6. The Kier molecular flexibility index (Phi) is 6.18. The number of thiazole rings is 1. The minimum absolute atomic E-state index is 0.0407. The molecule has 1 heterocycles. The maximum absolute atomic E-state index is 10.3. The summed E-state index contributed by atoms with van der Waals surface area (Å²) >= 11 is 1.55. The lowest BCUT2D eigenvalue weighted by Crippen LogP contribution is -1.90. The topological polar surface area (TPSA) is 70.0 Å². The summed E-state index contributed by atoms with van der Waals surface area (Å²) in [6.07, 6.45) is 0. The Bertz CT molecular complexity index is 1130. The summed E-state index contributed by atoms with van der Waals surface area (Å²) in [6, 6.07) is 19.2. The number of hydrogen-bond acceptors (Lipinski definition) is 7. The van der Waals surface area contributed by atoms with Gasteiger partial charge in [0.25, 0.3) is 0 Å². The van der Waals surface area contributed by atoms with Crippen molar-refractivity contribution < 1.29 is 24.1 Å². The van der Waals surface area contributed by atoms with Crippen molar-refractivity contribution in [2.45, 2.75) is 0 Å². The maximum atomic E-state index is 10.3. The van der Waals surface area contributed by atoms with E-state index in [0.29, 0.717) is 11.5 Å². The lowest BCUT2D eigenvalue weighted by Gasteiger charge is -2.09. The van der Waals surface area contributed by atoms with E-state index in [-0.39, 0.29) is 5.75 Å². The van der Waals surface area contributed by atoms with E-state index in [9.17, 15) is 5.11 Å². The summed E-state index contributed by atoms with van der Waals surface area (Å²) in [6.45, 7) is 0. The molecule has 0 saturated heterocycles. The molecule has 7 heteroatoms. The minimum Gasteiger partial charge on any atom is -0.502 e. The molecule has 0 atom stereocenters. The fourth-order valence-corrected chi connectivity index (χ4v) is 4.42. The second kappa shape index (κ2) is 9.20. The van der Waals surface area contributed by atoms with Gasteiger partial charge in [0.05, 0.1) is 39.0 Å². The predicted octanol–water partition coefficient (Wildman–Crippen LogP) is 5.88. The van der Waals surface area contributed by atoms with Crippen molar-refractivity contribution in [3.63, 3.8) is 0 Å². The first kappa shape index (κ1) is 21.5. The second-order valence-corrected chi connectivity index (χ2v) is 7.88. The predicted molar refractivity (Wildman–Crippen MR) is 126 cm³/mol. The first-order chi connectivity index (χ1) is 15.6. The van der Waals surface area contributed by atoms with Crippen LogP contribution in [0.25, 0.3) is 32.3 Å². The number of phenolic OH excluding ortho intramolecular Hbond substituents is 1. The zero-order valence-corrected chi connectivity index (χ0v) is 19.0. The van der Waals surface area contributed by atoms with Gasteiger partial charge >= 0.3 is 0 Å². The smallest absolute Gasteiger partial charge is 0.200 e. The molecule has 164 valence electrons. The van der Waals surface area contributed by atoms with Gasteiger partial charge in [0.15, 0.2) is 11.5 Å². The number of aromatic nitrogens is 1. The van der Waals surface area contributed by atoms with Gasteiger partial charge in [0, 0.05) is 11.1 Å². The Morgan fingerprint density at radius 2 is 1.16 bits per heavy atom. The molecular formula is C25H23NO5S. The second-order valence-electron chi connectivity index (χ2n) is 6.88. The molecule has 0 unspecified atom stereocenters. The van der Waals surface area contributed by atoms with E-state index in [2.05, 4.69) is 0 Å². The standard InChI is InChI=1S/C25H23NO5S/c1-28-18-9-5-15(6-10-18)22-24(16-7-11-19(29-2)12-8-16)32-25(26-22)17-13-20(30-3)23(27)21(14-17)31-4/h5-14,27H,1-4H3. The highest BCUT2D eigenvalue weighted by atomic mass is 32.1. The fraction of sp³-hybridized carbons (Fsp3) is 0.160. The van der Waals surface area contributed by atoms with Crippen LogP contribution < -0.4 is 18.9 Å². The third-order valence-electron chi connectivity index (χ3n) is 5.07. The largest absolute Gasteiger partial charge is 0.502 e. The van der Waals surface area contributed by atoms with Gasteiger partial charge in [0.2, 0.25) is 5.75 Å². The molecule has 0 saturated carbocycles. The monoisotopic (exact) mass is 449 g/mol. The number of rotatable bonds is 7. The zero-order chi connectivity index (χ0) is 22.7. The molecule has 3 aromatic carbocycles. The summed E-state index contributed by atoms with van der Waals surface area (Å²) in [4.78, 5) is 5.97. The van der Waals surface area contributed by atoms with Gasteiger partial charge < -0.3 is 24.1 Å². The van der Waals surface area contributed by atoms with Crippen LogP contribution in [0.1, 0.15) is 0 Å². The van der Waals surface area contributed by atoms with Crippen molar-refractivity contribution in [1.82, 2.24) is 4.98 Å². The van der Waals surface area contributed by atoms with Gasteiger partial charge in [-0.1, -0.05) is 0 Å². The minimum atomic E-state index is -0.0407. The van der Waals surface area contributed by atoms with E-state index in [0.717, 1.165) is 43.8 Å². The molecule has 0 radical (unpaired) electrons. The zero-order valence-electron chi connectivity index (χ0n) is 18.2. The Hall–Kier alpha value is -3.71. The molecule has 0 spiro atoms. The molecule has 0 fully saturated rings. The van der Waals surface area contributed by atoms with Crippen LogP contribution in [0, 0.1) is 0 Å². The Morgan fingerprint density at radius 1 is 0.656 bits per heavy atom. The molecule has 0 bridgehead atoms. The SMILES string of the molecule is COc1ccc(-c2nc(-c3cc(OC)c(O)c(OC)c3)sc2-c2ccc(OC)cc2)cc1. The van der Waals surface area contributed by atoms with Crippen LogP contribution >= 0.6 is 11.3 Å². The summed E-state index contributed by atoms with van der Waals surface area (Å²) in [5, 5.41) is 11.1. The van der Waals surface area contributed by atoms with E-state index >= 15 is 0 Å². The van der Waals surface area contributed by atoms with Crippen molar-refractivity contribution in [2.24, 2.45) is 0 Å². The van der Waals surface area contributed by atoms with E-state index in [1.807, 2.05) is 48.5 Å². The van der Waals surface area contributed by atoms with Crippen LogP contribution in [0.3, 0.4) is 0 Å². The molecule has 0 aliphatic carbocycles. The number of hydrogen-bond donors (Lipinski definition) is 1. The lowest BCUT2D eigenvalue weighted by atomic mass is 10.1. The van der Waals surface area contributed by atoms with Crippen LogP contribution in [-0.4, -0.2) is 38.5 Å². The number of benzene rings is 3. The van der Waals surface area contributed by atoms with Crippen LogP contribution in [0.5, 0.6) is 28.7 Å². The van der Waals surface area contributed by atoms with Crippen LogP contribution in [-0.2, 0) is 0 Å². The van der Waals surface area contributed by atoms with E-state index in [1.54, 1.807) is 37.7 Å². The van der Waals surface area contributed by atoms with Crippen LogP contribution in [0.15, 0.2) is 60.7 Å². The van der Waals surface area contributed by atoms with Crippen molar-refractivity contribution in [3.8, 4) is 61.0 Å². The van der Waals surface area contributed by atoms with Crippen LogP contribution in [0.4, 0.5) is 0 Å². The van der Waals surface area contributed by atoms with Gasteiger partial charge in [-0.15, -0.1) is 11.3 Å². The Balaban J connectivity index is 1.89. The van der Waals surface area contributed by atoms with Crippen molar-refractivity contribution >= 4 is 11.3 Å². The van der Waals surface area contributed by atoms with Gasteiger partial charge in [-0.3, -0.25) is 0 Å². The van der Waals surface area contributed by atoms with Gasteiger partial charge in [-0.05, 0) is 66.2 Å². The first-order valence-electron chi connectivity index (χ1n) is 9.83. The molecule has 1 N–H and O–H groups in total.